The van der Waals surface area contributed by atoms with Crippen LogP contribution in [0.25, 0.3) is 0 Å². The van der Waals surface area contributed by atoms with E-state index in [1.807, 2.05) is 18.2 Å². The zero-order valence-electron chi connectivity index (χ0n) is 9.10. The van der Waals surface area contributed by atoms with Gasteiger partial charge < -0.3 is 4.74 Å². The molecule has 1 heterocycles. The van der Waals surface area contributed by atoms with Gasteiger partial charge in [-0.15, -0.1) is 0 Å². The number of hydrogen-bond acceptors (Lipinski definition) is 1. The molecule has 1 aliphatic rings. The highest BCUT2D eigenvalue weighted by molar-refractivity contribution is 14.2. The van der Waals surface area contributed by atoms with E-state index in [2.05, 4.69) is 32.4 Å². The summed E-state index contributed by atoms with van der Waals surface area (Å²) in [6.45, 7) is 1.54. The summed E-state index contributed by atoms with van der Waals surface area (Å²) >= 11 is 0.178. The molecule has 1 aromatic carbocycles. The molecule has 16 heavy (non-hydrogen) atoms. The van der Waals surface area contributed by atoms with Crippen molar-refractivity contribution in [3.05, 3.63) is 57.7 Å². The second-order valence-electron chi connectivity index (χ2n) is 3.58. The minimum Gasteiger partial charge on any atom is -0.376 e. The van der Waals surface area contributed by atoms with Crippen LogP contribution in [0.5, 0.6) is 0 Å². The molecule has 2 rings (SSSR count). The largest absolute Gasteiger partial charge is 0.376 e. The van der Waals surface area contributed by atoms with Gasteiger partial charge >= 0.3 is 0 Å². The minimum atomic E-state index is 0.178. The molecular formula is C14H15IO. The van der Waals surface area contributed by atoms with Gasteiger partial charge in [-0.3, -0.25) is 0 Å². The summed E-state index contributed by atoms with van der Waals surface area (Å²) < 4.78 is 10.3. The third-order valence-corrected chi connectivity index (χ3v) is 4.30. The highest BCUT2D eigenvalue weighted by Crippen LogP contribution is 2.14. The average Bonchev–Trinajstić information content (AvgIpc) is 2.37. The Morgan fingerprint density at radius 1 is 1.12 bits per heavy atom. The SMILES string of the molecule is C1=CC(CCOCc2ccccc2)=CI=C1. The quantitative estimate of drug-likeness (QED) is 0.590. The van der Waals surface area contributed by atoms with Gasteiger partial charge in [0.15, 0.2) is 0 Å². The summed E-state index contributed by atoms with van der Waals surface area (Å²) in [5.74, 6) is 0. The summed E-state index contributed by atoms with van der Waals surface area (Å²) in [6, 6.07) is 10.3. The normalized spacial score (nSPS) is 14.4. The molecule has 0 aromatic heterocycles. The zero-order chi connectivity index (χ0) is 11.1. The molecule has 84 valence electrons. The number of hydrogen-bond donors (Lipinski definition) is 0. The van der Waals surface area contributed by atoms with E-state index in [0.717, 1.165) is 19.6 Å². The van der Waals surface area contributed by atoms with Crippen molar-refractivity contribution in [1.82, 2.24) is 0 Å². The Kier molecular flexibility index (Phi) is 4.96. The molecule has 0 amide bonds. The van der Waals surface area contributed by atoms with E-state index in [4.69, 9.17) is 4.74 Å². The Morgan fingerprint density at radius 3 is 2.75 bits per heavy atom. The van der Waals surface area contributed by atoms with Crippen LogP contribution in [-0.2, 0) is 11.3 Å². The molecule has 1 aliphatic heterocycles. The van der Waals surface area contributed by atoms with E-state index in [9.17, 15) is 0 Å². The standard InChI is InChI=1S/C14H15IO/c1-2-5-14(6-3-1)12-16-10-8-13-7-4-9-15-11-13/h1-7,9,11H,8,10,12H2. The van der Waals surface area contributed by atoms with E-state index in [1.165, 1.54) is 11.1 Å². The van der Waals surface area contributed by atoms with Crippen LogP contribution in [0.3, 0.4) is 0 Å². The number of rotatable bonds is 5. The van der Waals surface area contributed by atoms with Crippen molar-refractivity contribution in [3.63, 3.8) is 0 Å². The van der Waals surface area contributed by atoms with Gasteiger partial charge in [-0.2, -0.15) is 0 Å². The molecule has 0 fully saturated rings. The number of benzene rings is 1. The maximum atomic E-state index is 5.65. The van der Waals surface area contributed by atoms with Crippen molar-refractivity contribution in [2.24, 2.45) is 0 Å². The van der Waals surface area contributed by atoms with Gasteiger partial charge in [0.2, 0.25) is 0 Å². The van der Waals surface area contributed by atoms with Crippen LogP contribution in [0.2, 0.25) is 0 Å². The van der Waals surface area contributed by atoms with Crippen molar-refractivity contribution < 1.29 is 4.74 Å². The average molecular weight is 326 g/mol. The van der Waals surface area contributed by atoms with Gasteiger partial charge in [-0.05, 0) is 25.7 Å². The van der Waals surface area contributed by atoms with Gasteiger partial charge in [0.25, 0.3) is 0 Å². The van der Waals surface area contributed by atoms with Gasteiger partial charge in [-0.25, -0.2) is 0 Å². The summed E-state index contributed by atoms with van der Waals surface area (Å²) in [7, 11) is 0. The van der Waals surface area contributed by atoms with Crippen molar-refractivity contribution in [2.75, 3.05) is 6.61 Å². The minimum absolute atomic E-state index is 0.178. The van der Waals surface area contributed by atoms with Crippen LogP contribution in [0.15, 0.2) is 52.1 Å². The van der Waals surface area contributed by atoms with Crippen LogP contribution in [0.4, 0.5) is 0 Å². The van der Waals surface area contributed by atoms with Crippen LogP contribution >= 0.6 is 20.7 Å². The monoisotopic (exact) mass is 326 g/mol. The molecule has 0 spiro atoms. The summed E-state index contributed by atoms with van der Waals surface area (Å²) in [4.78, 5) is 0. The maximum absolute atomic E-state index is 5.65. The van der Waals surface area contributed by atoms with Crippen molar-refractivity contribution >= 4 is 24.7 Å². The predicted molar refractivity (Wildman–Crippen MR) is 78.0 cm³/mol. The Morgan fingerprint density at radius 2 is 2.00 bits per heavy atom. The first-order chi connectivity index (χ1) is 7.95. The molecule has 0 bridgehead atoms. The van der Waals surface area contributed by atoms with Crippen molar-refractivity contribution in [2.45, 2.75) is 13.0 Å². The lowest BCUT2D eigenvalue weighted by molar-refractivity contribution is 0.124. The number of halogens is 1. The summed E-state index contributed by atoms with van der Waals surface area (Å²) in [5.41, 5.74) is 2.68. The first-order valence-corrected chi connectivity index (χ1v) is 7.87. The molecule has 0 unspecified atom stereocenters. The van der Waals surface area contributed by atoms with E-state index >= 15 is 0 Å². The van der Waals surface area contributed by atoms with Crippen LogP contribution in [0.1, 0.15) is 12.0 Å². The lowest BCUT2D eigenvalue weighted by atomic mass is 10.2. The Hall–Kier alpha value is -0.740. The Bertz CT molecular complexity index is 404. The second kappa shape index (κ2) is 6.76. The topological polar surface area (TPSA) is 9.23 Å². The molecule has 0 saturated carbocycles. The third-order valence-electron chi connectivity index (χ3n) is 2.31. The van der Waals surface area contributed by atoms with Crippen LogP contribution in [-0.4, -0.2) is 10.6 Å². The summed E-state index contributed by atoms with van der Waals surface area (Å²) in [6.07, 6.45) is 5.39. The highest BCUT2D eigenvalue weighted by Gasteiger charge is 1.96. The summed E-state index contributed by atoms with van der Waals surface area (Å²) in [5, 5.41) is 0. The van der Waals surface area contributed by atoms with E-state index in [0.29, 0.717) is 0 Å². The van der Waals surface area contributed by atoms with Crippen molar-refractivity contribution in [1.29, 1.82) is 0 Å². The molecule has 0 atom stereocenters. The fraction of sp³-hybridized carbons (Fsp3) is 0.214. The Balaban J connectivity index is 1.68. The van der Waals surface area contributed by atoms with Gasteiger partial charge in [0.1, 0.15) is 0 Å². The fourth-order valence-corrected chi connectivity index (χ4v) is 3.08. The van der Waals surface area contributed by atoms with E-state index in [1.54, 1.807) is 0 Å². The molecule has 0 aliphatic carbocycles. The molecule has 2 heteroatoms. The lowest BCUT2D eigenvalue weighted by Gasteiger charge is -2.05. The van der Waals surface area contributed by atoms with Crippen LogP contribution in [0, 0.1) is 0 Å². The molecule has 1 nitrogen and oxygen atoms in total. The van der Waals surface area contributed by atoms with Gasteiger partial charge in [0.05, 0.1) is 13.2 Å². The fourth-order valence-electron chi connectivity index (χ4n) is 1.45. The molecular weight excluding hydrogens is 311 g/mol. The van der Waals surface area contributed by atoms with E-state index in [-0.39, 0.29) is 20.7 Å². The maximum Gasteiger partial charge on any atom is 0.0717 e. The molecule has 1 aromatic rings. The lowest BCUT2D eigenvalue weighted by Crippen LogP contribution is -1.96. The third kappa shape index (κ3) is 4.02. The number of allylic oxidation sites excluding steroid dienone is 2. The van der Waals surface area contributed by atoms with Gasteiger partial charge in [0, 0.05) is 0 Å². The first-order valence-electron chi connectivity index (χ1n) is 5.38. The molecule has 0 radical (unpaired) electrons. The zero-order valence-corrected chi connectivity index (χ0v) is 11.3. The number of ether oxygens (including phenoxy) is 1. The smallest absolute Gasteiger partial charge is 0.0717 e. The van der Waals surface area contributed by atoms with Crippen molar-refractivity contribution in [3.8, 4) is 0 Å². The Labute approximate surface area is 107 Å². The van der Waals surface area contributed by atoms with Gasteiger partial charge in [-0.1, -0.05) is 63.2 Å². The van der Waals surface area contributed by atoms with E-state index < -0.39 is 0 Å². The molecule has 0 N–H and O–H groups in total. The predicted octanol–water partition coefficient (Wildman–Crippen LogP) is 3.82. The first kappa shape index (κ1) is 11.7. The second-order valence-corrected chi connectivity index (χ2v) is 5.64. The molecule has 0 saturated heterocycles. The van der Waals surface area contributed by atoms with Crippen LogP contribution < -0.4 is 0 Å². The highest BCUT2D eigenvalue weighted by atomic mass is 127.